The van der Waals surface area contributed by atoms with Crippen LogP contribution in [0.25, 0.3) is 0 Å². The lowest BCUT2D eigenvalue weighted by atomic mass is 9.35. The van der Waals surface area contributed by atoms with Crippen LogP contribution in [0.1, 0.15) is 145 Å². The molecule has 11 atom stereocenters. The fraction of sp³-hybridized carbons (Fsp3) is 0.860. The number of nitrogens with one attached hydrogen (secondary N) is 1. The molecule has 0 spiro atoms. The number of ketones is 2. The van der Waals surface area contributed by atoms with E-state index in [9.17, 15) is 24.3 Å². The summed E-state index contributed by atoms with van der Waals surface area (Å²) >= 11 is 0. The molecule has 6 nitrogen and oxygen atoms in total. The molecule has 11 unspecified atom stereocenters. The van der Waals surface area contributed by atoms with Gasteiger partial charge in [0.2, 0.25) is 5.91 Å². The quantitative estimate of drug-likeness (QED) is 0.254. The maximum absolute atomic E-state index is 13.8. The summed E-state index contributed by atoms with van der Waals surface area (Å²) in [5.74, 6) is 2.76. The molecule has 0 aromatic carbocycles. The summed E-state index contributed by atoms with van der Waals surface area (Å²) in [4.78, 5) is 51.7. The Morgan fingerprint density at radius 2 is 1.59 bits per heavy atom. The summed E-state index contributed by atoms with van der Waals surface area (Å²) < 4.78 is 0. The van der Waals surface area contributed by atoms with Crippen molar-refractivity contribution in [1.82, 2.24) is 5.32 Å². The van der Waals surface area contributed by atoms with E-state index in [1.165, 1.54) is 44.1 Å². The molecule has 49 heavy (non-hydrogen) atoms. The Kier molecular flexibility index (Phi) is 8.90. The maximum Gasteiger partial charge on any atom is 0.306 e. The van der Waals surface area contributed by atoms with Crippen molar-refractivity contribution >= 4 is 23.4 Å². The topological polar surface area (TPSA) is 101 Å². The number of hydrogen-bond acceptors (Lipinski definition) is 4. The zero-order chi connectivity index (χ0) is 35.3. The molecule has 7 rings (SSSR count). The van der Waals surface area contributed by atoms with Gasteiger partial charge in [0.15, 0.2) is 5.78 Å². The normalized spacial score (nSPS) is 44.2. The van der Waals surface area contributed by atoms with Gasteiger partial charge in [-0.05, 0) is 140 Å². The number of carboxylic acids is 1. The van der Waals surface area contributed by atoms with Crippen LogP contribution in [0.4, 0.5) is 0 Å². The van der Waals surface area contributed by atoms with Gasteiger partial charge in [-0.25, -0.2) is 0 Å². The number of carbonyl (C=O) groups is 4. The third-order valence-electron chi connectivity index (χ3n) is 17.3. The third kappa shape index (κ3) is 5.36. The minimum atomic E-state index is -0.752. The molecule has 6 saturated carbocycles. The number of carboxylic acid groups (broad SMARTS) is 1. The average Bonchev–Trinajstić information content (AvgIpc) is 3.28. The molecule has 1 amide bonds. The van der Waals surface area contributed by atoms with Crippen molar-refractivity contribution in [2.45, 2.75) is 145 Å². The van der Waals surface area contributed by atoms with Gasteiger partial charge in [-0.3, -0.25) is 19.2 Å². The Morgan fingerprint density at radius 3 is 2.22 bits per heavy atom. The lowest BCUT2D eigenvalue weighted by Gasteiger charge is -2.69. The number of fused-ring (bicyclic) bond motifs is 7. The van der Waals surface area contributed by atoms with Gasteiger partial charge in [0, 0.05) is 36.6 Å². The Balaban J connectivity index is 1.09. The van der Waals surface area contributed by atoms with Crippen LogP contribution in [0.2, 0.25) is 0 Å². The van der Waals surface area contributed by atoms with Crippen molar-refractivity contribution in [3.05, 3.63) is 11.1 Å². The second-order valence-electron chi connectivity index (χ2n) is 19.9. The van der Waals surface area contributed by atoms with Gasteiger partial charge in [0.1, 0.15) is 5.78 Å². The summed E-state index contributed by atoms with van der Waals surface area (Å²) in [5.41, 5.74) is 3.13. The number of rotatable bonds is 9. The second-order valence-corrected chi connectivity index (χ2v) is 19.9. The second kappa shape index (κ2) is 12.3. The summed E-state index contributed by atoms with van der Waals surface area (Å²) in [6, 6.07) is 0. The number of Topliss-reactive ketones (excluding diaryl/α,β-unsaturated/α-hetero) is 2. The van der Waals surface area contributed by atoms with Crippen LogP contribution in [0, 0.1) is 80.8 Å². The first kappa shape index (κ1) is 35.4. The van der Waals surface area contributed by atoms with E-state index in [2.05, 4.69) is 46.9 Å². The molecule has 272 valence electrons. The molecule has 6 heteroatoms. The van der Waals surface area contributed by atoms with Gasteiger partial charge in [-0.1, -0.05) is 60.5 Å². The molecule has 7 aliphatic carbocycles. The van der Waals surface area contributed by atoms with E-state index in [0.717, 1.165) is 44.1 Å². The van der Waals surface area contributed by atoms with Crippen LogP contribution in [0.5, 0.6) is 0 Å². The molecule has 0 aromatic heterocycles. The highest BCUT2D eigenvalue weighted by Gasteiger charge is 2.66. The average molecular weight is 676 g/mol. The molecular weight excluding hydrogens is 610 g/mol. The van der Waals surface area contributed by atoms with Gasteiger partial charge in [-0.2, -0.15) is 0 Å². The molecular formula is C43H65NO5. The standard InChI is InChI=1S/C43H65NO5/c1-24(2)36-33(46)23-43(19-20-44-38(47)26-9-8-10-26)18-14-31-28(37(36)43)11-12-35-41(31,6)17-15-34-40(4,5)27(13-16-42(34,35)7)21-32(45)29-22-30(25(29)3)39(48)49/h24-31,34-35H,8-23H2,1-7H3,(H,44,47)(H,48,49). The number of hydrogen-bond donors (Lipinski definition) is 2. The molecule has 0 aliphatic heterocycles. The molecule has 2 N–H and O–H groups in total. The molecule has 0 heterocycles. The van der Waals surface area contributed by atoms with E-state index in [-0.39, 0.29) is 57.2 Å². The van der Waals surface area contributed by atoms with E-state index < -0.39 is 5.97 Å². The summed E-state index contributed by atoms with van der Waals surface area (Å²) in [7, 11) is 0. The van der Waals surface area contributed by atoms with Gasteiger partial charge >= 0.3 is 5.97 Å². The SMILES string of the molecule is CC(C)C1=C2C3CCC4C(C)(CCC5C(C)(C)C(CC(=O)C6CC(C(=O)O)C6C)CCC54C)C3CCC2(CCNC(=O)C2CCC2)CC1=O. The molecule has 7 aliphatic rings. The van der Waals surface area contributed by atoms with Crippen LogP contribution < -0.4 is 5.32 Å². The molecule has 0 bridgehead atoms. The van der Waals surface area contributed by atoms with Crippen molar-refractivity contribution in [3.63, 3.8) is 0 Å². The van der Waals surface area contributed by atoms with Crippen molar-refractivity contribution in [3.8, 4) is 0 Å². The van der Waals surface area contributed by atoms with Crippen molar-refractivity contribution in [2.75, 3.05) is 6.54 Å². The predicted molar refractivity (Wildman–Crippen MR) is 191 cm³/mol. The Hall–Kier alpha value is -1.98. The minimum Gasteiger partial charge on any atom is -0.481 e. The van der Waals surface area contributed by atoms with E-state index in [0.29, 0.717) is 67.0 Å². The zero-order valence-electron chi connectivity index (χ0n) is 31.7. The van der Waals surface area contributed by atoms with Crippen LogP contribution in [-0.2, 0) is 19.2 Å². The lowest BCUT2D eigenvalue weighted by Crippen LogP contribution is -2.62. The molecule has 0 saturated heterocycles. The summed E-state index contributed by atoms with van der Waals surface area (Å²) in [6.45, 7) is 17.2. The van der Waals surface area contributed by atoms with Crippen molar-refractivity contribution in [1.29, 1.82) is 0 Å². The Bertz CT molecular complexity index is 1420. The zero-order valence-corrected chi connectivity index (χ0v) is 31.7. The van der Waals surface area contributed by atoms with Crippen molar-refractivity contribution in [2.24, 2.45) is 80.8 Å². The summed E-state index contributed by atoms with van der Waals surface area (Å²) in [6.07, 6.45) is 15.2. The Morgan fingerprint density at radius 1 is 0.878 bits per heavy atom. The van der Waals surface area contributed by atoms with Crippen molar-refractivity contribution < 1.29 is 24.3 Å². The van der Waals surface area contributed by atoms with Gasteiger partial charge in [-0.15, -0.1) is 0 Å². The van der Waals surface area contributed by atoms with Gasteiger partial charge in [0.05, 0.1) is 5.92 Å². The van der Waals surface area contributed by atoms with Crippen LogP contribution in [0.15, 0.2) is 11.1 Å². The highest BCUT2D eigenvalue weighted by Crippen LogP contribution is 2.74. The highest BCUT2D eigenvalue weighted by molar-refractivity contribution is 6.00. The number of carbonyl (C=O) groups excluding carboxylic acids is 3. The largest absolute Gasteiger partial charge is 0.481 e. The first-order valence-electron chi connectivity index (χ1n) is 20.4. The third-order valence-corrected chi connectivity index (χ3v) is 17.3. The summed E-state index contributed by atoms with van der Waals surface area (Å²) in [5, 5.41) is 12.8. The van der Waals surface area contributed by atoms with E-state index >= 15 is 0 Å². The lowest BCUT2D eigenvalue weighted by molar-refractivity contribution is -0.193. The molecule has 6 fully saturated rings. The number of allylic oxidation sites excluding steroid dienone is 2. The monoisotopic (exact) mass is 675 g/mol. The molecule has 0 radical (unpaired) electrons. The fourth-order valence-electron chi connectivity index (χ4n) is 14.4. The van der Waals surface area contributed by atoms with Crippen LogP contribution in [-0.4, -0.2) is 35.1 Å². The molecule has 0 aromatic rings. The highest BCUT2D eigenvalue weighted by atomic mass is 16.4. The number of aliphatic carboxylic acids is 1. The predicted octanol–water partition coefficient (Wildman–Crippen LogP) is 8.82. The first-order chi connectivity index (χ1) is 23.0. The van der Waals surface area contributed by atoms with Gasteiger partial charge in [0.25, 0.3) is 0 Å². The number of amides is 1. The smallest absolute Gasteiger partial charge is 0.306 e. The van der Waals surface area contributed by atoms with Gasteiger partial charge < -0.3 is 10.4 Å². The van der Waals surface area contributed by atoms with E-state index in [1.54, 1.807) is 0 Å². The van der Waals surface area contributed by atoms with E-state index in [1.807, 2.05) is 6.92 Å². The minimum absolute atomic E-state index is 0.0469. The fourth-order valence-corrected chi connectivity index (χ4v) is 14.4. The Labute approximate surface area is 295 Å². The van der Waals surface area contributed by atoms with Crippen LogP contribution in [0.3, 0.4) is 0 Å². The van der Waals surface area contributed by atoms with E-state index in [4.69, 9.17) is 0 Å². The maximum atomic E-state index is 13.8. The first-order valence-corrected chi connectivity index (χ1v) is 20.4. The van der Waals surface area contributed by atoms with Crippen LogP contribution >= 0.6 is 0 Å².